The van der Waals surface area contributed by atoms with E-state index in [-0.39, 0.29) is 11.5 Å². The molecule has 1 heterocycles. The number of ketones is 1. The first-order valence-corrected chi connectivity index (χ1v) is 4.53. The summed E-state index contributed by atoms with van der Waals surface area (Å²) >= 11 is 0. The molecular formula is C11H9NO3. The lowest BCUT2D eigenvalue weighted by molar-refractivity contribution is -0.140. The first kappa shape index (κ1) is 9.58. The maximum Gasteiger partial charge on any atom is 0.358 e. The molecule has 76 valence electrons. The third-order valence-corrected chi connectivity index (χ3v) is 1.99. The van der Waals surface area contributed by atoms with Crippen molar-refractivity contribution in [3.8, 4) is 0 Å². The number of carbonyl (C=O) groups is 2. The predicted octanol–water partition coefficient (Wildman–Crippen LogP) is 0.952. The average molecular weight is 203 g/mol. The molecule has 0 N–H and O–H groups in total. The molecule has 1 aliphatic heterocycles. The Morgan fingerprint density at radius 3 is 3.07 bits per heavy atom. The Balaban J connectivity index is 2.38. The number of hydrogen-bond acceptors (Lipinski definition) is 4. The Bertz CT molecular complexity index is 441. The van der Waals surface area contributed by atoms with Crippen molar-refractivity contribution >= 4 is 17.5 Å². The molecule has 0 aromatic rings. The van der Waals surface area contributed by atoms with Crippen LogP contribution in [0.15, 0.2) is 41.1 Å². The molecule has 0 fully saturated rings. The topological polar surface area (TPSA) is 55.7 Å². The number of rotatable bonds is 1. The summed E-state index contributed by atoms with van der Waals surface area (Å²) in [7, 11) is 0. The van der Waals surface area contributed by atoms with Crippen molar-refractivity contribution < 1.29 is 14.3 Å². The molecule has 1 aliphatic carbocycles. The van der Waals surface area contributed by atoms with E-state index in [0.29, 0.717) is 5.71 Å². The number of nitrogens with zero attached hydrogens (tertiary/aromatic N) is 1. The molecule has 0 aromatic carbocycles. The zero-order valence-electron chi connectivity index (χ0n) is 8.14. The van der Waals surface area contributed by atoms with Crippen LogP contribution in [-0.4, -0.2) is 23.6 Å². The minimum absolute atomic E-state index is 0.0636. The van der Waals surface area contributed by atoms with E-state index in [4.69, 9.17) is 4.74 Å². The van der Waals surface area contributed by atoms with Crippen molar-refractivity contribution in [2.75, 3.05) is 0 Å². The van der Waals surface area contributed by atoms with Crippen LogP contribution in [0.5, 0.6) is 0 Å². The zero-order valence-corrected chi connectivity index (χ0v) is 8.14. The number of fused-ring (bicyclic) bond motifs is 1. The maximum absolute atomic E-state index is 11.4. The number of ether oxygens (including phenoxy) is 1. The Hall–Kier alpha value is -1.97. The summed E-state index contributed by atoms with van der Waals surface area (Å²) in [5.74, 6) is -0.779. The Morgan fingerprint density at radius 1 is 1.53 bits per heavy atom. The van der Waals surface area contributed by atoms with Gasteiger partial charge in [0, 0.05) is 6.08 Å². The van der Waals surface area contributed by atoms with Crippen molar-refractivity contribution in [2.45, 2.75) is 13.0 Å². The SMILES string of the molecule is CC(=O)/C=C1/N=C2C=CC=CC2OC1=O. The fraction of sp³-hybridized carbons (Fsp3) is 0.182. The van der Waals surface area contributed by atoms with Crippen LogP contribution in [0.4, 0.5) is 0 Å². The predicted molar refractivity (Wildman–Crippen MR) is 54.4 cm³/mol. The first-order chi connectivity index (χ1) is 7.16. The third kappa shape index (κ3) is 1.93. The van der Waals surface area contributed by atoms with Gasteiger partial charge in [-0.2, -0.15) is 0 Å². The van der Waals surface area contributed by atoms with Crippen molar-refractivity contribution in [1.82, 2.24) is 0 Å². The quantitative estimate of drug-likeness (QED) is 0.471. The van der Waals surface area contributed by atoms with E-state index in [1.807, 2.05) is 0 Å². The maximum atomic E-state index is 11.4. The summed E-state index contributed by atoms with van der Waals surface area (Å²) in [6.45, 7) is 1.36. The van der Waals surface area contributed by atoms with E-state index >= 15 is 0 Å². The zero-order chi connectivity index (χ0) is 10.8. The smallest absolute Gasteiger partial charge is 0.358 e. The van der Waals surface area contributed by atoms with E-state index in [9.17, 15) is 9.59 Å². The van der Waals surface area contributed by atoms with Crippen molar-refractivity contribution in [3.05, 3.63) is 36.1 Å². The molecule has 4 heteroatoms. The molecule has 2 aliphatic rings. The summed E-state index contributed by atoms with van der Waals surface area (Å²) in [5.41, 5.74) is 0.707. The van der Waals surface area contributed by atoms with Crippen LogP contribution in [-0.2, 0) is 14.3 Å². The summed E-state index contributed by atoms with van der Waals surface area (Å²) in [5, 5.41) is 0. The molecule has 0 spiro atoms. The summed E-state index contributed by atoms with van der Waals surface area (Å²) in [6.07, 6.45) is 7.85. The Labute approximate surface area is 86.6 Å². The fourth-order valence-corrected chi connectivity index (χ4v) is 1.36. The number of esters is 1. The third-order valence-electron chi connectivity index (χ3n) is 1.99. The summed E-state index contributed by atoms with van der Waals surface area (Å²) < 4.78 is 5.08. The van der Waals surface area contributed by atoms with Crippen LogP contribution >= 0.6 is 0 Å². The molecule has 0 aromatic heterocycles. The van der Waals surface area contributed by atoms with Gasteiger partial charge in [0.1, 0.15) is 0 Å². The minimum atomic E-state index is -0.557. The van der Waals surface area contributed by atoms with E-state index in [0.717, 1.165) is 0 Å². The van der Waals surface area contributed by atoms with Gasteiger partial charge in [0.2, 0.25) is 0 Å². The molecule has 0 amide bonds. The second-order valence-electron chi connectivity index (χ2n) is 3.25. The molecule has 4 nitrogen and oxygen atoms in total. The molecule has 0 bridgehead atoms. The van der Waals surface area contributed by atoms with E-state index < -0.39 is 12.1 Å². The van der Waals surface area contributed by atoms with E-state index in [1.54, 1.807) is 24.3 Å². The molecule has 1 unspecified atom stereocenters. The molecular weight excluding hydrogens is 194 g/mol. The Morgan fingerprint density at radius 2 is 2.33 bits per heavy atom. The summed E-state index contributed by atoms with van der Waals surface area (Å²) in [6, 6.07) is 0. The second-order valence-corrected chi connectivity index (χ2v) is 3.25. The number of aliphatic imine (C=N–C) groups is 1. The number of allylic oxidation sites excluding steroid dienone is 3. The average Bonchev–Trinajstić information content (AvgIpc) is 2.18. The van der Waals surface area contributed by atoms with Crippen LogP contribution < -0.4 is 0 Å². The van der Waals surface area contributed by atoms with E-state index in [2.05, 4.69) is 4.99 Å². The molecule has 15 heavy (non-hydrogen) atoms. The van der Waals surface area contributed by atoms with Crippen molar-refractivity contribution in [2.24, 2.45) is 4.99 Å². The number of carbonyl (C=O) groups excluding carboxylic acids is 2. The lowest BCUT2D eigenvalue weighted by Crippen LogP contribution is -2.31. The van der Waals surface area contributed by atoms with Gasteiger partial charge in [0.25, 0.3) is 0 Å². The van der Waals surface area contributed by atoms with Crippen LogP contribution in [0.3, 0.4) is 0 Å². The standard InChI is InChI=1S/C11H9NO3/c1-7(13)6-9-11(14)15-10-5-3-2-4-8(10)12-9/h2-6,10H,1H3/b9-6+. The molecule has 1 atom stereocenters. The van der Waals surface area contributed by atoms with Crippen LogP contribution in [0, 0.1) is 0 Å². The van der Waals surface area contributed by atoms with E-state index in [1.165, 1.54) is 13.0 Å². The van der Waals surface area contributed by atoms with Crippen molar-refractivity contribution in [1.29, 1.82) is 0 Å². The summed E-state index contributed by atoms with van der Waals surface area (Å²) in [4.78, 5) is 26.3. The molecule has 0 saturated carbocycles. The van der Waals surface area contributed by atoms with Gasteiger partial charge in [-0.15, -0.1) is 0 Å². The van der Waals surface area contributed by atoms with Gasteiger partial charge in [-0.1, -0.05) is 12.2 Å². The van der Waals surface area contributed by atoms with Crippen LogP contribution in [0.25, 0.3) is 0 Å². The van der Waals surface area contributed by atoms with Gasteiger partial charge in [-0.3, -0.25) is 4.79 Å². The molecule has 0 radical (unpaired) electrons. The minimum Gasteiger partial charge on any atom is -0.447 e. The Kier molecular flexibility index (Phi) is 2.33. The highest BCUT2D eigenvalue weighted by molar-refractivity contribution is 6.10. The monoisotopic (exact) mass is 203 g/mol. The number of hydrogen-bond donors (Lipinski definition) is 0. The van der Waals surface area contributed by atoms with Gasteiger partial charge >= 0.3 is 5.97 Å². The van der Waals surface area contributed by atoms with Crippen LogP contribution in [0.2, 0.25) is 0 Å². The largest absolute Gasteiger partial charge is 0.447 e. The molecule has 0 saturated heterocycles. The second kappa shape index (κ2) is 3.65. The van der Waals surface area contributed by atoms with Gasteiger partial charge in [0.15, 0.2) is 17.6 Å². The molecule has 2 rings (SSSR count). The lowest BCUT2D eigenvalue weighted by Gasteiger charge is -2.21. The highest BCUT2D eigenvalue weighted by Gasteiger charge is 2.26. The highest BCUT2D eigenvalue weighted by Crippen LogP contribution is 2.17. The van der Waals surface area contributed by atoms with Gasteiger partial charge in [0.05, 0.1) is 5.71 Å². The first-order valence-electron chi connectivity index (χ1n) is 4.53. The van der Waals surface area contributed by atoms with Crippen molar-refractivity contribution in [3.63, 3.8) is 0 Å². The lowest BCUT2D eigenvalue weighted by atomic mass is 10.1. The fourth-order valence-electron chi connectivity index (χ4n) is 1.36. The normalized spacial score (nSPS) is 25.9. The highest BCUT2D eigenvalue weighted by atomic mass is 16.5. The van der Waals surface area contributed by atoms with Gasteiger partial charge in [-0.25, -0.2) is 9.79 Å². The van der Waals surface area contributed by atoms with Gasteiger partial charge in [-0.05, 0) is 19.1 Å². The van der Waals surface area contributed by atoms with Gasteiger partial charge < -0.3 is 4.74 Å². The van der Waals surface area contributed by atoms with Crippen LogP contribution in [0.1, 0.15) is 6.92 Å².